The summed E-state index contributed by atoms with van der Waals surface area (Å²) in [5.74, 6) is 0. The van der Waals surface area contributed by atoms with E-state index in [1.165, 1.54) is 17.3 Å². The van der Waals surface area contributed by atoms with Gasteiger partial charge in [0.25, 0.3) is 0 Å². The maximum atomic E-state index is 5.52. The molecule has 0 bridgehead atoms. The van der Waals surface area contributed by atoms with Crippen LogP contribution in [0.2, 0.25) is 0 Å². The first kappa shape index (κ1) is 10.7. The molecule has 0 fully saturated rings. The molecule has 0 aromatic heterocycles. The quantitative estimate of drug-likeness (QED) is 0.442. The minimum Gasteiger partial charge on any atom is -0.318 e. The molecule has 2 N–H and O–H groups in total. The van der Waals surface area contributed by atoms with Crippen LogP contribution in [0.4, 0.5) is 0 Å². The monoisotopic (exact) mass is 256 g/mol. The molecule has 0 unspecified atom stereocenters. The van der Waals surface area contributed by atoms with Crippen molar-refractivity contribution in [3.63, 3.8) is 0 Å². The molecule has 0 atom stereocenters. The smallest absolute Gasteiger partial charge is 0.0455 e. The summed E-state index contributed by atoms with van der Waals surface area (Å²) in [5, 5.41) is 0. The van der Waals surface area contributed by atoms with Gasteiger partial charge in [0.15, 0.2) is 0 Å². The van der Waals surface area contributed by atoms with Gasteiger partial charge in [-0.25, -0.2) is 0 Å². The first-order valence-corrected chi connectivity index (χ1v) is 5.36. The fourth-order valence-corrected chi connectivity index (χ4v) is 1.24. The van der Waals surface area contributed by atoms with Crippen LogP contribution in [-0.2, 0) is 0 Å². The molecule has 0 rings (SSSR count). The number of nitrogens with two attached hydrogens (primary N) is 1. The van der Waals surface area contributed by atoms with Gasteiger partial charge in [-0.05, 0) is 19.4 Å². The Labute approximate surface area is 77.3 Å². The lowest BCUT2D eigenvalue weighted by molar-refractivity contribution is 0.284. The van der Waals surface area contributed by atoms with Gasteiger partial charge in [-0.3, -0.25) is 4.90 Å². The molecule has 3 heteroatoms. The molecule has 0 heterocycles. The first-order chi connectivity index (χ1) is 4.85. The third kappa shape index (κ3) is 5.44. The lowest BCUT2D eigenvalue weighted by Gasteiger charge is -2.17. The van der Waals surface area contributed by atoms with Crippen molar-refractivity contribution in [2.45, 2.75) is 19.8 Å². The van der Waals surface area contributed by atoms with Gasteiger partial charge in [0.1, 0.15) is 0 Å². The summed E-state index contributed by atoms with van der Waals surface area (Å²) in [6.07, 6.45) is 2.47. The van der Waals surface area contributed by atoms with Crippen LogP contribution in [0.3, 0.4) is 0 Å². The fraction of sp³-hybridized carbons (Fsp3) is 1.00. The van der Waals surface area contributed by atoms with E-state index in [4.69, 9.17) is 5.73 Å². The normalized spacial score (nSPS) is 10.8. The molecule has 0 radical (unpaired) electrons. The van der Waals surface area contributed by atoms with E-state index in [0.29, 0.717) is 6.67 Å². The van der Waals surface area contributed by atoms with Gasteiger partial charge in [0, 0.05) is 17.6 Å². The van der Waals surface area contributed by atoms with Crippen molar-refractivity contribution in [2.75, 3.05) is 24.2 Å². The van der Waals surface area contributed by atoms with E-state index in [1.54, 1.807) is 0 Å². The standard InChI is InChI=1S/C7H17IN2/c1-2-5-10(7-9)6-3-4-8/h2-7,9H2,1H3. The molecule has 62 valence electrons. The van der Waals surface area contributed by atoms with Crippen LogP contribution in [0.25, 0.3) is 0 Å². The number of nitrogens with zero attached hydrogens (tertiary/aromatic N) is 1. The fourth-order valence-electron chi connectivity index (χ4n) is 0.894. The van der Waals surface area contributed by atoms with Gasteiger partial charge < -0.3 is 5.73 Å². The Balaban J connectivity index is 3.21. The average Bonchev–Trinajstić information content (AvgIpc) is 1.98. The van der Waals surface area contributed by atoms with Crippen molar-refractivity contribution >= 4 is 22.6 Å². The van der Waals surface area contributed by atoms with Crippen LogP contribution in [-0.4, -0.2) is 29.1 Å². The lowest BCUT2D eigenvalue weighted by atomic mass is 10.4. The predicted octanol–water partition coefficient (Wildman–Crippen LogP) is 1.44. The summed E-state index contributed by atoms with van der Waals surface area (Å²) >= 11 is 2.40. The Morgan fingerprint density at radius 3 is 2.50 bits per heavy atom. The molecule has 0 aliphatic heterocycles. The number of hydrogen-bond donors (Lipinski definition) is 1. The molecule has 0 saturated carbocycles. The highest BCUT2D eigenvalue weighted by Crippen LogP contribution is 1.94. The third-order valence-corrected chi connectivity index (χ3v) is 2.17. The predicted molar refractivity (Wildman–Crippen MR) is 54.4 cm³/mol. The molecule has 0 saturated heterocycles. The van der Waals surface area contributed by atoms with Crippen molar-refractivity contribution in [1.29, 1.82) is 0 Å². The van der Waals surface area contributed by atoms with E-state index < -0.39 is 0 Å². The van der Waals surface area contributed by atoms with Gasteiger partial charge >= 0.3 is 0 Å². The summed E-state index contributed by atoms with van der Waals surface area (Å²) in [7, 11) is 0. The van der Waals surface area contributed by atoms with E-state index in [0.717, 1.165) is 13.1 Å². The van der Waals surface area contributed by atoms with Crippen molar-refractivity contribution in [1.82, 2.24) is 4.90 Å². The van der Waals surface area contributed by atoms with Crippen LogP contribution in [0.5, 0.6) is 0 Å². The first-order valence-electron chi connectivity index (χ1n) is 3.83. The second kappa shape index (κ2) is 7.75. The zero-order valence-corrected chi connectivity index (χ0v) is 8.80. The number of alkyl halides is 1. The second-order valence-corrected chi connectivity index (χ2v) is 3.42. The largest absolute Gasteiger partial charge is 0.318 e. The van der Waals surface area contributed by atoms with Crippen LogP contribution < -0.4 is 5.73 Å². The molecule has 0 aromatic rings. The topological polar surface area (TPSA) is 29.3 Å². The van der Waals surface area contributed by atoms with E-state index >= 15 is 0 Å². The molecule has 0 aliphatic carbocycles. The Morgan fingerprint density at radius 1 is 1.40 bits per heavy atom. The van der Waals surface area contributed by atoms with Crippen molar-refractivity contribution in [3.8, 4) is 0 Å². The summed E-state index contributed by atoms with van der Waals surface area (Å²) in [6, 6.07) is 0. The van der Waals surface area contributed by atoms with Crippen LogP contribution in [0.15, 0.2) is 0 Å². The number of halogens is 1. The highest BCUT2D eigenvalue weighted by molar-refractivity contribution is 14.1. The van der Waals surface area contributed by atoms with Crippen LogP contribution >= 0.6 is 22.6 Å². The zero-order chi connectivity index (χ0) is 7.82. The summed E-state index contributed by atoms with van der Waals surface area (Å²) in [5.41, 5.74) is 5.52. The van der Waals surface area contributed by atoms with Gasteiger partial charge in [-0.15, -0.1) is 0 Å². The van der Waals surface area contributed by atoms with Crippen LogP contribution in [0.1, 0.15) is 19.8 Å². The van der Waals surface area contributed by atoms with E-state index in [-0.39, 0.29) is 0 Å². The molecule has 0 spiro atoms. The van der Waals surface area contributed by atoms with E-state index in [9.17, 15) is 0 Å². The van der Waals surface area contributed by atoms with Gasteiger partial charge in [-0.1, -0.05) is 29.5 Å². The maximum absolute atomic E-state index is 5.52. The number of rotatable bonds is 6. The minimum absolute atomic E-state index is 0.713. The van der Waals surface area contributed by atoms with Crippen molar-refractivity contribution < 1.29 is 0 Å². The minimum atomic E-state index is 0.713. The SMILES string of the molecule is CCCN(CN)CCCI. The highest BCUT2D eigenvalue weighted by atomic mass is 127. The van der Waals surface area contributed by atoms with Crippen molar-refractivity contribution in [3.05, 3.63) is 0 Å². The zero-order valence-electron chi connectivity index (χ0n) is 6.65. The Bertz CT molecular complexity index is 68.6. The summed E-state index contributed by atoms with van der Waals surface area (Å²) < 4.78 is 1.23. The highest BCUT2D eigenvalue weighted by Gasteiger charge is 1.97. The maximum Gasteiger partial charge on any atom is 0.0455 e. The Kier molecular flexibility index (Phi) is 8.26. The number of hydrogen-bond acceptors (Lipinski definition) is 2. The molecular formula is C7H17IN2. The molecular weight excluding hydrogens is 239 g/mol. The molecule has 0 aromatic carbocycles. The van der Waals surface area contributed by atoms with Gasteiger partial charge in [0.05, 0.1) is 0 Å². The van der Waals surface area contributed by atoms with Crippen LogP contribution in [0, 0.1) is 0 Å². The van der Waals surface area contributed by atoms with Gasteiger partial charge in [-0.2, -0.15) is 0 Å². The Hall–Kier alpha value is 0.650. The molecule has 0 aliphatic rings. The van der Waals surface area contributed by atoms with Crippen molar-refractivity contribution in [2.24, 2.45) is 5.73 Å². The van der Waals surface area contributed by atoms with E-state index in [2.05, 4.69) is 34.4 Å². The Morgan fingerprint density at radius 2 is 2.10 bits per heavy atom. The molecule has 10 heavy (non-hydrogen) atoms. The summed E-state index contributed by atoms with van der Waals surface area (Å²) in [4.78, 5) is 2.29. The third-order valence-electron chi connectivity index (χ3n) is 1.41. The second-order valence-electron chi connectivity index (χ2n) is 2.34. The lowest BCUT2D eigenvalue weighted by Crippen LogP contribution is -2.31. The summed E-state index contributed by atoms with van der Waals surface area (Å²) in [6.45, 7) is 5.21. The average molecular weight is 256 g/mol. The molecule has 2 nitrogen and oxygen atoms in total. The van der Waals surface area contributed by atoms with Gasteiger partial charge in [0.2, 0.25) is 0 Å². The van der Waals surface area contributed by atoms with E-state index in [1.807, 2.05) is 0 Å². The molecule has 0 amide bonds.